The molecule has 2 aromatic rings. The second-order valence-corrected chi connectivity index (χ2v) is 7.93. The summed E-state index contributed by atoms with van der Waals surface area (Å²) in [5.74, 6) is -0.0612. The minimum atomic E-state index is -0.0612. The summed E-state index contributed by atoms with van der Waals surface area (Å²) in [6, 6.07) is 8.74. The van der Waals surface area contributed by atoms with Gasteiger partial charge in [0.05, 0.1) is 11.7 Å². The van der Waals surface area contributed by atoms with Crippen molar-refractivity contribution in [1.29, 1.82) is 0 Å². The lowest BCUT2D eigenvalue weighted by Crippen LogP contribution is -2.31. The Labute approximate surface area is 191 Å². The van der Waals surface area contributed by atoms with Gasteiger partial charge in [-0.05, 0) is 57.3 Å². The molecule has 0 radical (unpaired) electrons. The maximum Gasteiger partial charge on any atom is 0.276 e. The van der Waals surface area contributed by atoms with Crippen molar-refractivity contribution in [1.82, 2.24) is 25.2 Å². The summed E-state index contributed by atoms with van der Waals surface area (Å²) < 4.78 is 1.94. The molecule has 3 heterocycles. The van der Waals surface area contributed by atoms with E-state index in [2.05, 4.69) is 38.7 Å². The number of hydrogen-bond donors (Lipinski definition) is 1. The first-order valence-corrected chi connectivity index (χ1v) is 10.4. The van der Waals surface area contributed by atoms with Crippen LogP contribution in [0.5, 0.6) is 0 Å². The maximum atomic E-state index is 13.1. The van der Waals surface area contributed by atoms with Crippen molar-refractivity contribution >= 4 is 36.4 Å². The zero-order valence-electron chi connectivity index (χ0n) is 17.7. The Bertz CT molecular complexity index is 831. The van der Waals surface area contributed by atoms with Gasteiger partial charge < -0.3 is 15.1 Å². The molecule has 0 aliphatic carbocycles. The van der Waals surface area contributed by atoms with E-state index < -0.39 is 0 Å². The predicted molar refractivity (Wildman–Crippen MR) is 124 cm³/mol. The minimum Gasteiger partial charge on any atom is -0.371 e. The lowest BCUT2D eigenvalue weighted by Gasteiger charge is -2.25. The zero-order chi connectivity index (χ0) is 19.5. The third-order valence-corrected chi connectivity index (χ3v) is 5.98. The molecule has 0 bridgehead atoms. The summed E-state index contributed by atoms with van der Waals surface area (Å²) in [4.78, 5) is 17.3. The van der Waals surface area contributed by atoms with Crippen molar-refractivity contribution < 1.29 is 4.79 Å². The lowest BCUT2D eigenvalue weighted by molar-refractivity contribution is 0.0778. The summed E-state index contributed by atoms with van der Waals surface area (Å²) in [7, 11) is 1.85. The Morgan fingerprint density at radius 1 is 1.17 bits per heavy atom. The molecule has 166 valence electrons. The third kappa shape index (κ3) is 5.07. The van der Waals surface area contributed by atoms with Gasteiger partial charge in [-0.3, -0.25) is 4.79 Å². The molecule has 1 N–H and O–H groups in total. The van der Waals surface area contributed by atoms with Crippen molar-refractivity contribution in [2.75, 3.05) is 38.1 Å². The number of aromatic nitrogens is 3. The molecule has 9 heteroatoms. The molecule has 2 fully saturated rings. The number of anilines is 1. The van der Waals surface area contributed by atoms with Crippen LogP contribution in [-0.4, -0.2) is 59.0 Å². The first kappa shape index (κ1) is 24.4. The first-order valence-electron chi connectivity index (χ1n) is 10.4. The number of halogens is 2. The Kier molecular flexibility index (Phi) is 8.94. The van der Waals surface area contributed by atoms with Gasteiger partial charge >= 0.3 is 0 Å². The van der Waals surface area contributed by atoms with Crippen LogP contribution in [0.25, 0.3) is 0 Å². The first-order chi connectivity index (χ1) is 13.6. The van der Waals surface area contributed by atoms with E-state index in [1.165, 1.54) is 24.1 Å². The van der Waals surface area contributed by atoms with Crippen molar-refractivity contribution in [2.45, 2.75) is 45.2 Å². The van der Waals surface area contributed by atoms with Crippen LogP contribution in [0.15, 0.2) is 24.3 Å². The van der Waals surface area contributed by atoms with Gasteiger partial charge in [-0.2, -0.15) is 0 Å². The molecule has 2 aliphatic heterocycles. The molecule has 0 saturated carbocycles. The maximum absolute atomic E-state index is 13.1. The number of amides is 1. The van der Waals surface area contributed by atoms with Gasteiger partial charge in [-0.1, -0.05) is 23.4 Å². The number of rotatable bonds is 5. The van der Waals surface area contributed by atoms with Crippen LogP contribution in [0.2, 0.25) is 0 Å². The average molecular weight is 455 g/mol. The fourth-order valence-corrected chi connectivity index (χ4v) is 4.36. The fraction of sp³-hybridized carbons (Fsp3) is 0.571. The van der Waals surface area contributed by atoms with Crippen LogP contribution in [0.1, 0.15) is 53.5 Å². The Balaban J connectivity index is 0.00000160. The summed E-state index contributed by atoms with van der Waals surface area (Å²) >= 11 is 0. The van der Waals surface area contributed by atoms with E-state index in [1.54, 1.807) is 4.90 Å². The highest BCUT2D eigenvalue weighted by atomic mass is 35.5. The predicted octanol–water partition coefficient (Wildman–Crippen LogP) is 3.23. The van der Waals surface area contributed by atoms with Crippen LogP contribution >= 0.6 is 24.8 Å². The second kappa shape index (κ2) is 11.0. The molecule has 1 aromatic carbocycles. The van der Waals surface area contributed by atoms with Gasteiger partial charge in [0.25, 0.3) is 5.91 Å². The van der Waals surface area contributed by atoms with Gasteiger partial charge in [0.15, 0.2) is 5.69 Å². The molecule has 0 unspecified atom stereocenters. The highest BCUT2D eigenvalue weighted by Crippen LogP contribution is 2.26. The molecule has 2 saturated heterocycles. The van der Waals surface area contributed by atoms with E-state index >= 15 is 0 Å². The molecule has 0 spiro atoms. The summed E-state index contributed by atoms with van der Waals surface area (Å²) in [5, 5.41) is 11.9. The van der Waals surface area contributed by atoms with Crippen LogP contribution in [-0.2, 0) is 6.54 Å². The summed E-state index contributed by atoms with van der Waals surface area (Å²) in [6.07, 6.45) is 4.53. The van der Waals surface area contributed by atoms with Gasteiger partial charge in [-0.15, -0.1) is 29.9 Å². The van der Waals surface area contributed by atoms with Gasteiger partial charge in [-0.25, -0.2) is 4.68 Å². The number of hydrogen-bond acceptors (Lipinski definition) is 5. The second-order valence-electron chi connectivity index (χ2n) is 7.93. The quantitative estimate of drug-likeness (QED) is 0.750. The molecule has 1 amide bonds. The molecule has 7 nitrogen and oxygen atoms in total. The van der Waals surface area contributed by atoms with Crippen LogP contribution in [0.4, 0.5) is 5.69 Å². The average Bonchev–Trinajstić information content (AvgIpc) is 3.38. The van der Waals surface area contributed by atoms with E-state index in [4.69, 9.17) is 0 Å². The molecular weight excluding hydrogens is 423 g/mol. The minimum absolute atomic E-state index is 0. The third-order valence-electron chi connectivity index (χ3n) is 5.98. The van der Waals surface area contributed by atoms with Crippen molar-refractivity contribution in [3.8, 4) is 0 Å². The smallest absolute Gasteiger partial charge is 0.276 e. The fourth-order valence-electron chi connectivity index (χ4n) is 4.36. The number of carbonyl (C=O) groups excluding carboxylic acids is 1. The number of nitrogens with one attached hydrogen (secondary N) is 1. The zero-order valence-corrected chi connectivity index (χ0v) is 19.3. The molecule has 30 heavy (non-hydrogen) atoms. The van der Waals surface area contributed by atoms with E-state index in [0.29, 0.717) is 18.3 Å². The van der Waals surface area contributed by atoms with E-state index in [-0.39, 0.29) is 30.7 Å². The lowest BCUT2D eigenvalue weighted by atomic mass is 10.1. The molecule has 1 aromatic heterocycles. The van der Waals surface area contributed by atoms with E-state index in [1.807, 2.05) is 24.7 Å². The monoisotopic (exact) mass is 454 g/mol. The summed E-state index contributed by atoms with van der Waals surface area (Å²) in [5.41, 5.74) is 3.77. The van der Waals surface area contributed by atoms with Gasteiger partial charge in [0, 0.05) is 32.4 Å². The van der Waals surface area contributed by atoms with Gasteiger partial charge in [0.2, 0.25) is 0 Å². The number of benzene rings is 1. The number of piperidine rings is 1. The Morgan fingerprint density at radius 2 is 1.83 bits per heavy atom. The van der Waals surface area contributed by atoms with Gasteiger partial charge in [0.1, 0.15) is 0 Å². The van der Waals surface area contributed by atoms with Crippen molar-refractivity contribution in [2.24, 2.45) is 0 Å². The van der Waals surface area contributed by atoms with Crippen LogP contribution in [0, 0.1) is 6.92 Å². The van der Waals surface area contributed by atoms with Crippen LogP contribution in [0.3, 0.4) is 0 Å². The number of carbonyl (C=O) groups is 1. The Morgan fingerprint density at radius 3 is 2.53 bits per heavy atom. The van der Waals surface area contributed by atoms with E-state index in [0.717, 1.165) is 44.7 Å². The number of para-hydroxylation sites is 1. The van der Waals surface area contributed by atoms with E-state index in [9.17, 15) is 4.79 Å². The normalized spacial score (nSPS) is 16.7. The topological polar surface area (TPSA) is 66.3 Å². The highest BCUT2D eigenvalue weighted by Gasteiger charge is 2.25. The largest absolute Gasteiger partial charge is 0.371 e. The SMILES string of the molecule is Cc1c(C(=O)N(C)Cc2ccccc2N2CCCC2)nnn1C1CCNCC1.Cl.Cl. The van der Waals surface area contributed by atoms with Crippen molar-refractivity contribution in [3.63, 3.8) is 0 Å². The standard InChI is InChI=1S/C21H30N6O.2ClH/c1-16-20(23-24-27(16)18-9-11-22-12-10-18)21(28)25(2)15-17-7-3-4-8-19(17)26-13-5-6-14-26;;/h3-4,7-8,18,22H,5-6,9-15H2,1-2H3;2*1H. The molecule has 2 aliphatic rings. The molecule has 4 rings (SSSR count). The summed E-state index contributed by atoms with van der Waals surface area (Å²) in [6.45, 7) is 6.70. The Hall–Kier alpha value is -1.83. The number of nitrogens with zero attached hydrogens (tertiary/aromatic N) is 5. The molecular formula is C21H32Cl2N6O. The van der Waals surface area contributed by atoms with Crippen molar-refractivity contribution in [3.05, 3.63) is 41.2 Å². The van der Waals surface area contributed by atoms with Crippen LogP contribution < -0.4 is 10.2 Å². The molecule has 0 atom stereocenters. The highest BCUT2D eigenvalue weighted by molar-refractivity contribution is 5.93.